The van der Waals surface area contributed by atoms with Crippen LogP contribution in [0.1, 0.15) is 349 Å². The fraction of sp³-hybridized carbons (Fsp3) is 0.840. The average Bonchev–Trinajstić information content (AvgIpc) is 1.32. The zero-order chi connectivity index (χ0) is 69.0. The van der Waals surface area contributed by atoms with E-state index in [2.05, 4.69) is 76.3 Å². The van der Waals surface area contributed by atoms with Crippen molar-refractivity contribution in [3.63, 3.8) is 0 Å². The Morgan fingerprint density at radius 1 is 0.309 bits per heavy atom. The number of esters is 4. The first-order valence-electron chi connectivity index (χ1n) is 37.9. The lowest BCUT2D eigenvalue weighted by atomic mass is 10.0. The van der Waals surface area contributed by atoms with E-state index in [-0.39, 0.29) is 25.7 Å². The third kappa shape index (κ3) is 67.6. The molecule has 0 aliphatic carbocycles. The molecule has 19 heteroatoms. The minimum absolute atomic E-state index is 0.0867. The van der Waals surface area contributed by atoms with Crippen molar-refractivity contribution in [1.29, 1.82) is 0 Å². The molecule has 0 saturated heterocycles. The van der Waals surface area contributed by atoms with Crippen molar-refractivity contribution >= 4 is 39.5 Å². The van der Waals surface area contributed by atoms with Crippen molar-refractivity contribution in [2.75, 3.05) is 39.6 Å². The molecular formula is C75H138O17P2. The fourth-order valence-electron chi connectivity index (χ4n) is 10.5. The first-order chi connectivity index (χ1) is 45.7. The standard InChI is InChI=1S/C75H138O17P2/c1-5-9-13-17-21-25-29-32-33-34-35-38-41-44-48-52-56-60-73(78)86-65-70(91-74(79)61-57-53-49-45-39-28-24-20-16-12-8-4)67-89-93(81,82)87-63-69(76)64-88-94(83,84)90-68-71(92-75(80)62-58-54-50-46-42-37-31-27-23-19-15-11-7-3)66-85-72(77)59-55-51-47-43-40-36-30-26-22-18-14-10-6-2/h9,13,20-21,24-25,32-33,69-71,76H,5-8,10-12,14-19,22-23,26-31,34-68H2,1-4H3,(H,81,82)(H,83,84)/b13-9-,24-20-,25-21-,33-32-. The Kier molecular flexibility index (Phi) is 66.4. The average molecular weight is 1370 g/mol. The van der Waals surface area contributed by atoms with Gasteiger partial charge in [0.05, 0.1) is 26.4 Å². The molecule has 0 spiro atoms. The number of allylic oxidation sites excluding steroid dienone is 8. The molecule has 0 radical (unpaired) electrons. The number of hydrogen-bond acceptors (Lipinski definition) is 15. The van der Waals surface area contributed by atoms with Gasteiger partial charge in [0.2, 0.25) is 0 Å². The molecule has 0 fully saturated rings. The fourth-order valence-corrected chi connectivity index (χ4v) is 12.1. The number of ether oxygens (including phenoxy) is 4. The van der Waals surface area contributed by atoms with Crippen molar-refractivity contribution in [3.8, 4) is 0 Å². The minimum atomic E-state index is -4.96. The van der Waals surface area contributed by atoms with Gasteiger partial charge in [-0.15, -0.1) is 0 Å². The number of aliphatic hydroxyl groups excluding tert-OH is 1. The van der Waals surface area contributed by atoms with Crippen molar-refractivity contribution in [2.45, 2.75) is 367 Å². The van der Waals surface area contributed by atoms with E-state index < -0.39 is 97.5 Å². The van der Waals surface area contributed by atoms with Crippen LogP contribution >= 0.6 is 15.6 Å². The molecule has 5 atom stereocenters. The quantitative estimate of drug-likeness (QED) is 0.0169. The van der Waals surface area contributed by atoms with Gasteiger partial charge in [-0.2, -0.15) is 0 Å². The molecule has 0 bridgehead atoms. The van der Waals surface area contributed by atoms with Crippen LogP contribution in [-0.4, -0.2) is 96.7 Å². The summed E-state index contributed by atoms with van der Waals surface area (Å²) in [5.74, 6) is -2.16. The normalized spacial score (nSPS) is 14.2. The van der Waals surface area contributed by atoms with Crippen molar-refractivity contribution in [2.24, 2.45) is 0 Å². The monoisotopic (exact) mass is 1370 g/mol. The minimum Gasteiger partial charge on any atom is -0.462 e. The maximum Gasteiger partial charge on any atom is 0.472 e. The van der Waals surface area contributed by atoms with Crippen LogP contribution in [0.4, 0.5) is 0 Å². The van der Waals surface area contributed by atoms with Gasteiger partial charge in [0.1, 0.15) is 19.3 Å². The van der Waals surface area contributed by atoms with Crippen LogP contribution in [0.15, 0.2) is 48.6 Å². The maximum atomic E-state index is 13.0. The molecule has 5 unspecified atom stereocenters. The van der Waals surface area contributed by atoms with Gasteiger partial charge in [0.25, 0.3) is 0 Å². The van der Waals surface area contributed by atoms with Crippen LogP contribution in [0.3, 0.4) is 0 Å². The summed E-state index contributed by atoms with van der Waals surface area (Å²) in [6, 6.07) is 0. The van der Waals surface area contributed by atoms with E-state index >= 15 is 0 Å². The molecule has 0 aromatic heterocycles. The predicted molar refractivity (Wildman–Crippen MR) is 381 cm³/mol. The number of phosphoric acid groups is 2. The molecule has 0 aliphatic heterocycles. The summed E-state index contributed by atoms with van der Waals surface area (Å²) in [6.07, 6.45) is 63.9. The van der Waals surface area contributed by atoms with Gasteiger partial charge in [0.15, 0.2) is 12.2 Å². The third-order valence-corrected chi connectivity index (χ3v) is 18.2. The van der Waals surface area contributed by atoms with E-state index in [0.717, 1.165) is 148 Å². The zero-order valence-corrected chi connectivity index (χ0v) is 61.7. The van der Waals surface area contributed by atoms with Gasteiger partial charge in [-0.3, -0.25) is 37.3 Å². The Labute approximate surface area is 572 Å². The highest BCUT2D eigenvalue weighted by molar-refractivity contribution is 7.47. The van der Waals surface area contributed by atoms with Crippen molar-refractivity contribution < 1.29 is 80.2 Å². The third-order valence-electron chi connectivity index (χ3n) is 16.3. The van der Waals surface area contributed by atoms with Crippen LogP contribution in [-0.2, 0) is 65.4 Å². The molecule has 0 aromatic rings. The van der Waals surface area contributed by atoms with Crippen LogP contribution < -0.4 is 0 Å². The van der Waals surface area contributed by atoms with E-state index in [1.807, 2.05) is 0 Å². The largest absolute Gasteiger partial charge is 0.472 e. The molecule has 0 rings (SSSR count). The molecule has 3 N–H and O–H groups in total. The smallest absolute Gasteiger partial charge is 0.462 e. The maximum absolute atomic E-state index is 13.0. The lowest BCUT2D eigenvalue weighted by Gasteiger charge is -2.21. The van der Waals surface area contributed by atoms with Crippen LogP contribution in [0.2, 0.25) is 0 Å². The molecule has 0 aromatic carbocycles. The molecule has 94 heavy (non-hydrogen) atoms. The Morgan fingerprint density at radius 2 is 0.564 bits per heavy atom. The number of carbonyl (C=O) groups is 4. The summed E-state index contributed by atoms with van der Waals surface area (Å²) in [5.41, 5.74) is 0. The molecule has 0 amide bonds. The van der Waals surface area contributed by atoms with E-state index in [1.54, 1.807) is 0 Å². The van der Waals surface area contributed by atoms with Gasteiger partial charge in [-0.05, 0) is 77.0 Å². The topological polar surface area (TPSA) is 237 Å². The lowest BCUT2D eigenvalue weighted by molar-refractivity contribution is -0.161. The molecule has 0 heterocycles. The summed E-state index contributed by atoms with van der Waals surface area (Å²) in [6.45, 7) is 4.76. The summed E-state index contributed by atoms with van der Waals surface area (Å²) in [5, 5.41) is 10.6. The summed E-state index contributed by atoms with van der Waals surface area (Å²) in [7, 11) is -9.92. The number of rotatable bonds is 72. The number of aliphatic hydroxyl groups is 1. The Bertz CT molecular complexity index is 1980. The van der Waals surface area contributed by atoms with E-state index in [1.165, 1.54) is 122 Å². The first kappa shape index (κ1) is 91.0. The van der Waals surface area contributed by atoms with Gasteiger partial charge in [0, 0.05) is 25.7 Å². The second kappa shape index (κ2) is 68.5. The molecule has 17 nitrogen and oxygen atoms in total. The van der Waals surface area contributed by atoms with Gasteiger partial charge < -0.3 is 33.8 Å². The first-order valence-corrected chi connectivity index (χ1v) is 40.9. The van der Waals surface area contributed by atoms with Gasteiger partial charge >= 0.3 is 39.5 Å². The SMILES string of the molecule is CC/C=C\C/C=C\C/C=C\CCCCCCCCCC(=O)OCC(COP(=O)(O)OCC(O)COP(=O)(O)OCC(COC(=O)CCCCCCCCCCCCCCC)OC(=O)CCCCCCCCCCCCCCC)OC(=O)CCCCCCC/C=C\CCCC. The highest BCUT2D eigenvalue weighted by Gasteiger charge is 2.30. The van der Waals surface area contributed by atoms with Crippen LogP contribution in [0.25, 0.3) is 0 Å². The summed E-state index contributed by atoms with van der Waals surface area (Å²) in [4.78, 5) is 72.7. The van der Waals surface area contributed by atoms with Gasteiger partial charge in [-0.25, -0.2) is 9.13 Å². The highest BCUT2D eigenvalue weighted by atomic mass is 31.2. The number of hydrogen-bond donors (Lipinski definition) is 3. The lowest BCUT2D eigenvalue weighted by Crippen LogP contribution is -2.30. The van der Waals surface area contributed by atoms with Crippen molar-refractivity contribution in [3.05, 3.63) is 48.6 Å². The summed E-state index contributed by atoms with van der Waals surface area (Å²) < 4.78 is 68.4. The van der Waals surface area contributed by atoms with Gasteiger partial charge in [-0.1, -0.05) is 295 Å². The van der Waals surface area contributed by atoms with E-state index in [0.29, 0.717) is 25.7 Å². The van der Waals surface area contributed by atoms with E-state index in [9.17, 15) is 43.2 Å². The summed E-state index contributed by atoms with van der Waals surface area (Å²) >= 11 is 0. The molecule has 0 saturated carbocycles. The molecular weight excluding hydrogens is 1230 g/mol. The molecule has 550 valence electrons. The number of phosphoric ester groups is 2. The van der Waals surface area contributed by atoms with Crippen LogP contribution in [0, 0.1) is 0 Å². The second-order valence-corrected chi connectivity index (χ2v) is 28.5. The Hall–Kier alpha value is -2.98. The number of unbranched alkanes of at least 4 members (excludes halogenated alkanes) is 38. The second-order valence-electron chi connectivity index (χ2n) is 25.6. The predicted octanol–water partition coefficient (Wildman–Crippen LogP) is 21.3. The Morgan fingerprint density at radius 3 is 0.894 bits per heavy atom. The molecule has 0 aliphatic rings. The van der Waals surface area contributed by atoms with Crippen LogP contribution in [0.5, 0.6) is 0 Å². The van der Waals surface area contributed by atoms with E-state index in [4.69, 9.17) is 37.0 Å². The highest BCUT2D eigenvalue weighted by Crippen LogP contribution is 2.45. The Balaban J connectivity index is 5.27. The zero-order valence-electron chi connectivity index (χ0n) is 59.9. The van der Waals surface area contributed by atoms with Crippen molar-refractivity contribution in [1.82, 2.24) is 0 Å². The number of carbonyl (C=O) groups excluding carboxylic acids is 4.